The average Bonchev–Trinajstić information content (AvgIpc) is 3.36. The zero-order valence-corrected chi connectivity index (χ0v) is 16.5. The molecule has 2 aromatic rings. The number of hydrogen-bond acceptors (Lipinski definition) is 6. The first-order chi connectivity index (χ1) is 14.3. The lowest BCUT2D eigenvalue weighted by Crippen LogP contribution is -2.35. The van der Waals surface area contributed by atoms with Crippen LogP contribution in [0.3, 0.4) is 0 Å². The topological polar surface area (TPSA) is 110 Å². The molecule has 1 unspecified atom stereocenters. The van der Waals surface area contributed by atoms with Crippen molar-refractivity contribution in [1.29, 1.82) is 5.41 Å². The predicted molar refractivity (Wildman–Crippen MR) is 102 cm³/mol. The van der Waals surface area contributed by atoms with E-state index in [0.717, 1.165) is 12.5 Å². The highest BCUT2D eigenvalue weighted by molar-refractivity contribution is 5.75. The summed E-state index contributed by atoms with van der Waals surface area (Å²) in [5.41, 5.74) is 4.83. The number of methoxy groups -OCH3 is 1. The van der Waals surface area contributed by atoms with Crippen LogP contribution in [0.25, 0.3) is 11.4 Å². The minimum atomic E-state index is -4.60. The normalized spacial score (nSPS) is 16.8. The number of ether oxygens (including phenoxy) is 2. The van der Waals surface area contributed by atoms with Crippen LogP contribution in [0.1, 0.15) is 43.2 Å². The largest absolute Gasteiger partial charge is 0.493 e. The van der Waals surface area contributed by atoms with Crippen molar-refractivity contribution in [3.63, 3.8) is 0 Å². The maximum Gasteiger partial charge on any atom is 0.419 e. The summed E-state index contributed by atoms with van der Waals surface area (Å²) < 4.78 is 56.2. The molecule has 1 aromatic carbocycles. The van der Waals surface area contributed by atoms with Gasteiger partial charge >= 0.3 is 6.18 Å². The van der Waals surface area contributed by atoms with Crippen LogP contribution in [0.4, 0.5) is 13.2 Å². The molecule has 30 heavy (non-hydrogen) atoms. The van der Waals surface area contributed by atoms with Gasteiger partial charge in [0.25, 0.3) is 0 Å². The van der Waals surface area contributed by atoms with Crippen molar-refractivity contribution in [2.75, 3.05) is 26.9 Å². The highest BCUT2D eigenvalue weighted by Crippen LogP contribution is 2.39. The number of unbranched alkanes of at least 4 members (excludes halogenated alkanes) is 1. The Hall–Kier alpha value is -2.82. The van der Waals surface area contributed by atoms with Crippen LogP contribution >= 0.6 is 0 Å². The summed E-state index contributed by atoms with van der Waals surface area (Å²) >= 11 is 0. The summed E-state index contributed by atoms with van der Waals surface area (Å²) in [5, 5.41) is 11.5. The molecule has 3 rings (SSSR count). The second-order valence-corrected chi connectivity index (χ2v) is 6.95. The number of halogens is 3. The minimum absolute atomic E-state index is 0.0394. The van der Waals surface area contributed by atoms with Gasteiger partial charge in [0, 0.05) is 25.8 Å². The number of alkyl halides is 3. The molecule has 0 saturated carbocycles. The SMILES string of the molecule is COCCCCOc1ccc(-c2noc(C3CCCN3C(=N)N)n2)cc1C(F)(F)F. The Morgan fingerprint density at radius 3 is 2.80 bits per heavy atom. The fourth-order valence-electron chi connectivity index (χ4n) is 3.35. The lowest BCUT2D eigenvalue weighted by atomic mass is 10.1. The number of nitrogens with two attached hydrogens (primary N) is 1. The number of aromatic nitrogens is 2. The van der Waals surface area contributed by atoms with E-state index in [1.165, 1.54) is 12.1 Å². The second-order valence-electron chi connectivity index (χ2n) is 6.95. The van der Waals surface area contributed by atoms with E-state index >= 15 is 0 Å². The Labute approximate surface area is 171 Å². The van der Waals surface area contributed by atoms with Crippen LogP contribution in [0.2, 0.25) is 0 Å². The molecule has 0 spiro atoms. The summed E-state index contributed by atoms with van der Waals surface area (Å²) in [6.07, 6.45) is -1.85. The molecule has 3 N–H and O–H groups in total. The van der Waals surface area contributed by atoms with Crippen molar-refractivity contribution in [3.8, 4) is 17.1 Å². The van der Waals surface area contributed by atoms with E-state index in [-0.39, 0.29) is 41.6 Å². The van der Waals surface area contributed by atoms with Crippen molar-refractivity contribution in [3.05, 3.63) is 29.7 Å². The van der Waals surface area contributed by atoms with Gasteiger partial charge in [-0.3, -0.25) is 5.41 Å². The van der Waals surface area contributed by atoms with Gasteiger partial charge in [-0.25, -0.2) is 0 Å². The number of likely N-dealkylation sites (tertiary alicyclic amines) is 1. The van der Waals surface area contributed by atoms with E-state index in [9.17, 15) is 13.2 Å². The monoisotopic (exact) mass is 427 g/mol. The first-order valence-corrected chi connectivity index (χ1v) is 9.59. The lowest BCUT2D eigenvalue weighted by Gasteiger charge is -2.21. The molecule has 1 saturated heterocycles. The van der Waals surface area contributed by atoms with Gasteiger partial charge in [-0.1, -0.05) is 5.16 Å². The molecule has 1 aliphatic rings. The maximum atomic E-state index is 13.6. The summed E-state index contributed by atoms with van der Waals surface area (Å²) in [4.78, 5) is 5.87. The smallest absolute Gasteiger partial charge is 0.419 e. The number of rotatable bonds is 8. The number of benzene rings is 1. The summed E-state index contributed by atoms with van der Waals surface area (Å²) in [6, 6.07) is 3.34. The van der Waals surface area contributed by atoms with Gasteiger partial charge in [-0.05, 0) is 43.9 Å². The van der Waals surface area contributed by atoms with Gasteiger partial charge in [0.15, 0.2) is 5.96 Å². The maximum absolute atomic E-state index is 13.6. The molecule has 164 valence electrons. The number of nitrogens with one attached hydrogen (secondary N) is 1. The Morgan fingerprint density at radius 1 is 1.33 bits per heavy atom. The predicted octanol–water partition coefficient (Wildman–Crippen LogP) is 3.59. The molecule has 1 aromatic heterocycles. The Kier molecular flexibility index (Phi) is 6.80. The number of guanidine groups is 1. The third-order valence-electron chi connectivity index (χ3n) is 4.83. The molecule has 2 heterocycles. The fraction of sp³-hybridized carbons (Fsp3) is 0.526. The minimum Gasteiger partial charge on any atom is -0.493 e. The first kappa shape index (κ1) is 21.9. The van der Waals surface area contributed by atoms with Gasteiger partial charge in [-0.15, -0.1) is 0 Å². The molecule has 1 aliphatic heterocycles. The van der Waals surface area contributed by atoms with Crippen LogP contribution in [0.15, 0.2) is 22.7 Å². The standard InChI is InChI=1S/C19H24F3N5O3/c1-28-9-2-3-10-29-15-7-6-12(11-13(15)19(20,21)22)16-25-17(30-26-16)14-5-4-8-27(14)18(23)24/h6-7,11,14H,2-5,8-10H2,1H3,(H3,23,24). The van der Waals surface area contributed by atoms with Gasteiger partial charge in [0.05, 0.1) is 12.2 Å². The molecule has 8 nitrogen and oxygen atoms in total. The van der Waals surface area contributed by atoms with Gasteiger partial charge in [-0.2, -0.15) is 18.2 Å². The van der Waals surface area contributed by atoms with E-state index in [1.54, 1.807) is 12.0 Å². The third-order valence-corrected chi connectivity index (χ3v) is 4.83. The van der Waals surface area contributed by atoms with Crippen molar-refractivity contribution < 1.29 is 27.2 Å². The van der Waals surface area contributed by atoms with Crippen LogP contribution in [0.5, 0.6) is 5.75 Å². The Bertz CT molecular complexity index is 871. The number of hydrogen-bond donors (Lipinski definition) is 2. The second kappa shape index (κ2) is 9.33. The van der Waals surface area contributed by atoms with Crippen molar-refractivity contribution in [2.45, 2.75) is 37.9 Å². The van der Waals surface area contributed by atoms with Crippen LogP contribution in [-0.4, -0.2) is 47.9 Å². The zero-order valence-electron chi connectivity index (χ0n) is 16.5. The fourth-order valence-corrected chi connectivity index (χ4v) is 3.35. The molecular weight excluding hydrogens is 403 g/mol. The average molecular weight is 427 g/mol. The van der Waals surface area contributed by atoms with Crippen molar-refractivity contribution in [1.82, 2.24) is 15.0 Å². The summed E-state index contributed by atoms with van der Waals surface area (Å²) in [6.45, 7) is 1.27. The Balaban J connectivity index is 1.80. The van der Waals surface area contributed by atoms with Gasteiger partial charge in [0.2, 0.25) is 11.7 Å². The van der Waals surface area contributed by atoms with Crippen LogP contribution < -0.4 is 10.5 Å². The van der Waals surface area contributed by atoms with Crippen LogP contribution in [-0.2, 0) is 10.9 Å². The third kappa shape index (κ3) is 5.02. The molecule has 0 aliphatic carbocycles. The summed E-state index contributed by atoms with van der Waals surface area (Å²) in [7, 11) is 1.56. The molecule has 1 fully saturated rings. The highest BCUT2D eigenvalue weighted by Gasteiger charge is 2.36. The zero-order chi connectivity index (χ0) is 21.7. The molecular formula is C19H24F3N5O3. The summed E-state index contributed by atoms with van der Waals surface area (Å²) in [5.74, 6) is -0.0863. The quantitative estimate of drug-likeness (QED) is 0.376. The molecule has 1 atom stereocenters. The molecule has 0 amide bonds. The Morgan fingerprint density at radius 2 is 2.10 bits per heavy atom. The van der Waals surface area contributed by atoms with E-state index in [0.29, 0.717) is 32.4 Å². The number of nitrogens with zero attached hydrogens (tertiary/aromatic N) is 3. The van der Waals surface area contributed by atoms with Gasteiger partial charge < -0.3 is 24.6 Å². The molecule has 0 radical (unpaired) electrons. The van der Waals surface area contributed by atoms with Crippen LogP contribution in [0, 0.1) is 5.41 Å². The molecule has 11 heteroatoms. The van der Waals surface area contributed by atoms with Gasteiger partial charge in [0.1, 0.15) is 11.8 Å². The first-order valence-electron chi connectivity index (χ1n) is 9.59. The van der Waals surface area contributed by atoms with E-state index in [1.807, 2.05) is 0 Å². The van der Waals surface area contributed by atoms with E-state index in [2.05, 4.69) is 10.1 Å². The molecule has 0 bridgehead atoms. The van der Waals surface area contributed by atoms with Crippen molar-refractivity contribution >= 4 is 5.96 Å². The van der Waals surface area contributed by atoms with E-state index < -0.39 is 11.7 Å². The van der Waals surface area contributed by atoms with E-state index in [4.69, 9.17) is 25.1 Å². The van der Waals surface area contributed by atoms with Crippen molar-refractivity contribution in [2.24, 2.45) is 5.73 Å². The highest BCUT2D eigenvalue weighted by atomic mass is 19.4. The lowest BCUT2D eigenvalue weighted by molar-refractivity contribution is -0.138.